The van der Waals surface area contributed by atoms with Gasteiger partial charge in [-0.1, -0.05) is 36.4 Å². The molecule has 0 aliphatic heterocycles. The Morgan fingerprint density at radius 2 is 1.34 bits per heavy atom. The van der Waals surface area contributed by atoms with Crippen LogP contribution in [0.25, 0.3) is 0 Å². The van der Waals surface area contributed by atoms with Crippen LogP contribution in [0.4, 0.5) is 8.78 Å². The molecular weight excluding hydrogens is 382 g/mol. The number of benzene rings is 2. The second-order valence-corrected chi connectivity index (χ2v) is 6.43. The highest BCUT2D eigenvalue weighted by Gasteiger charge is 2.28. The summed E-state index contributed by atoms with van der Waals surface area (Å²) >= 11 is 0. The number of hydrogen-bond acceptors (Lipinski definition) is 4. The minimum absolute atomic E-state index is 0.119. The summed E-state index contributed by atoms with van der Waals surface area (Å²) in [7, 11) is 1.15. The smallest absolute Gasteiger partial charge is 0.328 e. The molecule has 29 heavy (non-hydrogen) atoms. The van der Waals surface area contributed by atoms with Gasteiger partial charge in [0.25, 0.3) is 0 Å². The van der Waals surface area contributed by atoms with Crippen molar-refractivity contribution in [3.63, 3.8) is 0 Å². The van der Waals surface area contributed by atoms with Crippen LogP contribution in [0.3, 0.4) is 0 Å². The molecule has 0 radical (unpaired) electrons. The monoisotopic (exact) mass is 404 g/mol. The van der Waals surface area contributed by atoms with Crippen LogP contribution in [0.15, 0.2) is 48.5 Å². The molecule has 0 spiro atoms. The van der Waals surface area contributed by atoms with Gasteiger partial charge in [0.05, 0.1) is 7.11 Å². The van der Waals surface area contributed by atoms with Crippen molar-refractivity contribution in [3.05, 3.63) is 71.3 Å². The number of amides is 2. The van der Waals surface area contributed by atoms with E-state index in [0.29, 0.717) is 0 Å². The van der Waals surface area contributed by atoms with E-state index in [2.05, 4.69) is 10.6 Å². The Kier molecular flexibility index (Phi) is 7.82. The molecule has 2 N–H and O–H groups in total. The van der Waals surface area contributed by atoms with Crippen molar-refractivity contribution >= 4 is 17.8 Å². The summed E-state index contributed by atoms with van der Waals surface area (Å²) in [5, 5.41) is 4.92. The second kappa shape index (κ2) is 10.3. The van der Waals surface area contributed by atoms with E-state index in [4.69, 9.17) is 4.74 Å². The summed E-state index contributed by atoms with van der Waals surface area (Å²) in [5.41, 5.74) is 0.443. The number of carbonyl (C=O) groups is 3. The lowest BCUT2D eigenvalue weighted by atomic mass is 10.0. The largest absolute Gasteiger partial charge is 0.467 e. The van der Waals surface area contributed by atoms with Gasteiger partial charge in [-0.05, 0) is 23.3 Å². The summed E-state index contributed by atoms with van der Waals surface area (Å²) in [4.78, 5) is 36.4. The lowest BCUT2D eigenvalue weighted by Crippen LogP contribution is -2.53. The van der Waals surface area contributed by atoms with Gasteiger partial charge in [-0.25, -0.2) is 13.6 Å². The second-order valence-electron chi connectivity index (χ2n) is 6.43. The van der Waals surface area contributed by atoms with E-state index in [1.165, 1.54) is 43.3 Å². The number of ether oxygens (including phenoxy) is 1. The molecule has 8 heteroatoms. The fourth-order valence-corrected chi connectivity index (χ4v) is 2.83. The van der Waals surface area contributed by atoms with E-state index >= 15 is 0 Å². The normalized spacial score (nSPS) is 12.6. The molecule has 2 atom stereocenters. The van der Waals surface area contributed by atoms with Crippen LogP contribution >= 0.6 is 0 Å². The van der Waals surface area contributed by atoms with Crippen LogP contribution in [-0.4, -0.2) is 37.0 Å². The summed E-state index contributed by atoms with van der Waals surface area (Å²) in [6.45, 7) is 1.22. The standard InChI is InChI=1S/C21H22F2N2O4/c1-13(26)24-18(11-14-7-3-5-9-16(14)22)20(27)25-19(21(28)29-2)12-15-8-4-6-10-17(15)23/h3-10,18-19H,11-12H2,1-2H3,(H,24,26)(H,25,27)/t18-,19-/m0/s1. The molecule has 0 aliphatic rings. The maximum atomic E-state index is 14.0. The van der Waals surface area contributed by atoms with E-state index < -0.39 is 41.5 Å². The Bertz CT molecular complexity index is 888. The van der Waals surface area contributed by atoms with Crippen LogP contribution in [-0.2, 0) is 32.0 Å². The van der Waals surface area contributed by atoms with Crippen molar-refractivity contribution in [2.75, 3.05) is 7.11 Å². The minimum Gasteiger partial charge on any atom is -0.467 e. The van der Waals surface area contributed by atoms with E-state index in [1.807, 2.05) is 0 Å². The lowest BCUT2D eigenvalue weighted by Gasteiger charge is -2.22. The average molecular weight is 404 g/mol. The topological polar surface area (TPSA) is 84.5 Å². The van der Waals surface area contributed by atoms with Crippen LogP contribution in [0.5, 0.6) is 0 Å². The molecule has 154 valence electrons. The van der Waals surface area contributed by atoms with Gasteiger partial charge in [0.15, 0.2) is 0 Å². The quantitative estimate of drug-likeness (QED) is 0.659. The fraction of sp³-hybridized carbons (Fsp3) is 0.286. The number of esters is 1. The Labute approximate surface area is 167 Å². The molecule has 0 unspecified atom stereocenters. The predicted molar refractivity (Wildman–Crippen MR) is 102 cm³/mol. The first-order valence-corrected chi connectivity index (χ1v) is 8.94. The summed E-state index contributed by atoms with van der Waals surface area (Å²) < 4.78 is 32.6. The van der Waals surface area contributed by atoms with Crippen molar-refractivity contribution in [2.24, 2.45) is 0 Å². The zero-order chi connectivity index (χ0) is 21.4. The number of hydrogen-bond donors (Lipinski definition) is 2. The highest BCUT2D eigenvalue weighted by atomic mass is 19.1. The van der Waals surface area contributed by atoms with Gasteiger partial charge in [-0.15, -0.1) is 0 Å². The van der Waals surface area contributed by atoms with Gasteiger partial charge in [-0.2, -0.15) is 0 Å². The molecule has 0 aliphatic carbocycles. The molecule has 6 nitrogen and oxygen atoms in total. The highest BCUT2D eigenvalue weighted by molar-refractivity contribution is 5.90. The van der Waals surface area contributed by atoms with Gasteiger partial charge in [0.2, 0.25) is 11.8 Å². The van der Waals surface area contributed by atoms with Crippen LogP contribution in [0, 0.1) is 11.6 Å². The zero-order valence-electron chi connectivity index (χ0n) is 16.1. The molecule has 0 bridgehead atoms. The average Bonchev–Trinajstić information content (AvgIpc) is 2.69. The summed E-state index contributed by atoms with van der Waals surface area (Å²) in [6.07, 6.45) is -0.261. The first kappa shape index (κ1) is 22.0. The van der Waals surface area contributed by atoms with Gasteiger partial charge in [0.1, 0.15) is 23.7 Å². The number of halogens is 2. The maximum Gasteiger partial charge on any atom is 0.328 e. The Hall–Kier alpha value is -3.29. The number of nitrogens with one attached hydrogen (secondary N) is 2. The van der Waals surface area contributed by atoms with Crippen molar-refractivity contribution in [2.45, 2.75) is 31.8 Å². The first-order valence-electron chi connectivity index (χ1n) is 8.94. The molecule has 2 rings (SSSR count). The molecule has 2 amide bonds. The molecule has 2 aromatic rings. The van der Waals surface area contributed by atoms with Crippen LogP contribution in [0.1, 0.15) is 18.1 Å². The van der Waals surface area contributed by atoms with E-state index in [1.54, 1.807) is 12.1 Å². The Morgan fingerprint density at radius 1 is 0.862 bits per heavy atom. The third-order valence-corrected chi connectivity index (χ3v) is 4.26. The number of methoxy groups -OCH3 is 1. The summed E-state index contributed by atoms with van der Waals surface area (Å²) in [6, 6.07) is 9.38. The Balaban J connectivity index is 2.20. The van der Waals surface area contributed by atoms with E-state index in [0.717, 1.165) is 7.11 Å². The summed E-state index contributed by atoms with van der Waals surface area (Å²) in [5.74, 6) is -3.03. The van der Waals surface area contributed by atoms with E-state index in [-0.39, 0.29) is 24.0 Å². The minimum atomic E-state index is -1.18. The molecule has 2 aromatic carbocycles. The molecular formula is C21H22F2N2O4. The fourth-order valence-electron chi connectivity index (χ4n) is 2.83. The zero-order valence-corrected chi connectivity index (χ0v) is 16.1. The number of carbonyl (C=O) groups excluding carboxylic acids is 3. The first-order chi connectivity index (χ1) is 13.8. The Morgan fingerprint density at radius 3 is 1.79 bits per heavy atom. The molecule has 0 heterocycles. The van der Waals surface area contributed by atoms with Crippen molar-refractivity contribution in [1.82, 2.24) is 10.6 Å². The van der Waals surface area contributed by atoms with Gasteiger partial charge in [0, 0.05) is 19.8 Å². The molecule has 0 saturated carbocycles. The lowest BCUT2D eigenvalue weighted by molar-refractivity contribution is -0.145. The van der Waals surface area contributed by atoms with Crippen molar-refractivity contribution < 1.29 is 27.9 Å². The molecule has 0 aromatic heterocycles. The van der Waals surface area contributed by atoms with Crippen molar-refractivity contribution in [1.29, 1.82) is 0 Å². The predicted octanol–water partition coefficient (Wildman–Crippen LogP) is 1.91. The SMILES string of the molecule is COC(=O)[C@H](Cc1ccccc1F)NC(=O)[C@H](Cc1ccccc1F)NC(C)=O. The van der Waals surface area contributed by atoms with Crippen LogP contribution in [0.2, 0.25) is 0 Å². The number of rotatable bonds is 8. The molecule has 0 fully saturated rings. The third kappa shape index (κ3) is 6.38. The third-order valence-electron chi connectivity index (χ3n) is 4.26. The van der Waals surface area contributed by atoms with Gasteiger partial charge < -0.3 is 15.4 Å². The van der Waals surface area contributed by atoms with Gasteiger partial charge >= 0.3 is 5.97 Å². The maximum absolute atomic E-state index is 14.0. The van der Waals surface area contributed by atoms with Gasteiger partial charge in [-0.3, -0.25) is 9.59 Å². The van der Waals surface area contributed by atoms with E-state index in [9.17, 15) is 23.2 Å². The molecule has 0 saturated heterocycles. The highest BCUT2D eigenvalue weighted by Crippen LogP contribution is 2.12. The van der Waals surface area contributed by atoms with Crippen molar-refractivity contribution in [3.8, 4) is 0 Å². The van der Waals surface area contributed by atoms with Crippen LogP contribution < -0.4 is 10.6 Å².